The third kappa shape index (κ3) is 5.72. The molecule has 0 spiro atoms. The number of nitriles is 1. The number of amides is 1. The van der Waals surface area contributed by atoms with Crippen LogP contribution >= 0.6 is 0 Å². The number of hydrogen-bond donors (Lipinski definition) is 1. The zero-order valence-corrected chi connectivity index (χ0v) is 19.6. The summed E-state index contributed by atoms with van der Waals surface area (Å²) in [5, 5.41) is 11.2. The lowest BCUT2D eigenvalue weighted by atomic mass is 9.79. The Kier molecular flexibility index (Phi) is 7.23. The molecule has 0 radical (unpaired) electrons. The van der Waals surface area contributed by atoms with Gasteiger partial charge in [0.1, 0.15) is 0 Å². The third-order valence-corrected chi connectivity index (χ3v) is 7.02. The minimum absolute atomic E-state index is 0.118. The normalized spacial score (nSPS) is 21.8. The zero-order chi connectivity index (χ0) is 26.9. The van der Waals surface area contributed by atoms with E-state index in [0.29, 0.717) is 24.2 Å². The number of rotatable bonds is 7. The molecule has 1 N–H and O–H groups in total. The van der Waals surface area contributed by atoms with Gasteiger partial charge in [-0.15, -0.1) is 0 Å². The maximum absolute atomic E-state index is 13.7. The molecule has 0 unspecified atom stereocenters. The lowest BCUT2D eigenvalue weighted by molar-refractivity contribution is -0.267. The summed E-state index contributed by atoms with van der Waals surface area (Å²) in [7, 11) is 0. The minimum Gasteiger partial charge on any atom is -0.376 e. The topological polar surface area (TPSA) is 78.2 Å². The highest BCUT2D eigenvalue weighted by Crippen LogP contribution is 2.41. The molecule has 1 aromatic carbocycles. The molecule has 3 heterocycles. The number of hydrogen-bond acceptors (Lipinski definition) is 5. The van der Waals surface area contributed by atoms with Crippen LogP contribution in [0.3, 0.4) is 0 Å². The van der Waals surface area contributed by atoms with E-state index in [4.69, 9.17) is 10.00 Å². The fourth-order valence-electron chi connectivity index (χ4n) is 4.60. The molecular weight excluding hydrogens is 502 g/mol. The van der Waals surface area contributed by atoms with E-state index in [9.17, 15) is 31.1 Å². The second-order valence-corrected chi connectivity index (χ2v) is 9.61. The second-order valence-electron chi connectivity index (χ2n) is 9.61. The monoisotopic (exact) mass is 526 g/mol. The standard InChI is InChI=1S/C25H24F6N4O2/c26-24(27,28)19-5-6-20(33-12-19)13-35-10-9-22(14-35,8-7-17-1-3-18(11-32)4-2-17)21(36)34-23(15-37-16-23)25(29,30)31/h1-6,12H,7-10,13-16H2,(H,34,36)/t22-/m1/s1. The summed E-state index contributed by atoms with van der Waals surface area (Å²) >= 11 is 0. The Morgan fingerprint density at radius 3 is 2.32 bits per heavy atom. The van der Waals surface area contributed by atoms with Crippen molar-refractivity contribution in [2.45, 2.75) is 43.7 Å². The van der Waals surface area contributed by atoms with E-state index in [1.165, 1.54) is 6.07 Å². The number of alkyl halides is 6. The van der Waals surface area contributed by atoms with E-state index < -0.39 is 48.0 Å². The first-order valence-corrected chi connectivity index (χ1v) is 11.6. The van der Waals surface area contributed by atoms with E-state index in [1.807, 2.05) is 11.0 Å². The fourth-order valence-corrected chi connectivity index (χ4v) is 4.60. The molecule has 4 rings (SSSR count). The highest BCUT2D eigenvalue weighted by molar-refractivity contribution is 5.84. The van der Waals surface area contributed by atoms with Gasteiger partial charge in [-0.25, -0.2) is 0 Å². The number of carbonyl (C=O) groups is 1. The molecule has 2 aliphatic heterocycles. The van der Waals surface area contributed by atoms with Crippen LogP contribution in [0.4, 0.5) is 26.3 Å². The van der Waals surface area contributed by atoms with Crippen LogP contribution in [0, 0.1) is 16.7 Å². The maximum atomic E-state index is 13.7. The predicted molar refractivity (Wildman–Crippen MR) is 119 cm³/mol. The molecule has 1 atom stereocenters. The molecule has 198 valence electrons. The van der Waals surface area contributed by atoms with Crippen LogP contribution in [0.25, 0.3) is 0 Å². The summed E-state index contributed by atoms with van der Waals surface area (Å²) in [6.07, 6.45) is -7.56. The van der Waals surface area contributed by atoms with Gasteiger partial charge in [0.05, 0.1) is 41.5 Å². The van der Waals surface area contributed by atoms with Crippen LogP contribution < -0.4 is 5.32 Å². The van der Waals surface area contributed by atoms with Crippen LogP contribution in [0.5, 0.6) is 0 Å². The number of benzene rings is 1. The molecule has 2 aromatic rings. The number of ether oxygens (including phenoxy) is 1. The average Bonchev–Trinajstić information content (AvgIpc) is 3.23. The number of nitrogens with one attached hydrogen (secondary N) is 1. The first-order valence-electron chi connectivity index (χ1n) is 11.6. The smallest absolute Gasteiger partial charge is 0.376 e. The van der Waals surface area contributed by atoms with Gasteiger partial charge in [0.15, 0.2) is 5.54 Å². The zero-order valence-electron chi connectivity index (χ0n) is 19.6. The summed E-state index contributed by atoms with van der Waals surface area (Å²) in [5.74, 6) is -0.732. The summed E-state index contributed by atoms with van der Waals surface area (Å²) in [6.45, 7) is -0.691. The molecule has 6 nitrogen and oxygen atoms in total. The quantitative estimate of drug-likeness (QED) is 0.546. The van der Waals surface area contributed by atoms with Crippen molar-refractivity contribution in [1.29, 1.82) is 5.26 Å². The SMILES string of the molecule is N#Cc1ccc(CC[C@@]2(C(=O)NC3(C(F)(F)F)COC3)CCN(Cc3ccc(C(F)(F)F)cn3)C2)cc1. The Bertz CT molecular complexity index is 1150. The number of aromatic nitrogens is 1. The van der Waals surface area contributed by atoms with Gasteiger partial charge in [0.2, 0.25) is 5.91 Å². The summed E-state index contributed by atoms with van der Waals surface area (Å²) in [4.78, 5) is 19.1. The average molecular weight is 526 g/mol. The largest absolute Gasteiger partial charge is 0.417 e. The maximum Gasteiger partial charge on any atom is 0.417 e. The number of likely N-dealkylation sites (tertiary alicyclic amines) is 1. The van der Waals surface area contributed by atoms with Gasteiger partial charge in [-0.05, 0) is 55.6 Å². The van der Waals surface area contributed by atoms with Gasteiger partial charge in [-0.1, -0.05) is 12.1 Å². The highest BCUT2D eigenvalue weighted by atomic mass is 19.4. The molecule has 2 aliphatic rings. The minimum atomic E-state index is -4.68. The summed E-state index contributed by atoms with van der Waals surface area (Å²) < 4.78 is 84.4. The van der Waals surface area contributed by atoms with Crippen molar-refractivity contribution in [2.24, 2.45) is 5.41 Å². The molecule has 1 amide bonds. The van der Waals surface area contributed by atoms with Crippen LogP contribution in [-0.4, -0.2) is 53.8 Å². The molecule has 0 saturated carbocycles. The van der Waals surface area contributed by atoms with Gasteiger partial charge >= 0.3 is 12.4 Å². The number of carbonyl (C=O) groups excluding carboxylic acids is 1. The van der Waals surface area contributed by atoms with Crippen molar-refractivity contribution in [3.63, 3.8) is 0 Å². The van der Waals surface area contributed by atoms with E-state index in [1.54, 1.807) is 24.3 Å². The van der Waals surface area contributed by atoms with Gasteiger partial charge in [-0.3, -0.25) is 14.7 Å². The molecule has 2 fully saturated rings. The summed E-state index contributed by atoms with van der Waals surface area (Å²) in [6, 6.07) is 10.9. The number of nitrogens with zero attached hydrogens (tertiary/aromatic N) is 3. The predicted octanol–water partition coefficient (Wildman–Crippen LogP) is 4.24. The van der Waals surface area contributed by atoms with E-state index in [-0.39, 0.29) is 25.9 Å². The molecule has 2 saturated heterocycles. The third-order valence-electron chi connectivity index (χ3n) is 7.02. The van der Waals surface area contributed by atoms with Crippen molar-refractivity contribution in [1.82, 2.24) is 15.2 Å². The molecule has 0 bridgehead atoms. The van der Waals surface area contributed by atoms with Crippen molar-refractivity contribution in [2.75, 3.05) is 26.3 Å². The van der Waals surface area contributed by atoms with Crippen LogP contribution in [0.15, 0.2) is 42.6 Å². The highest BCUT2D eigenvalue weighted by Gasteiger charge is 2.62. The van der Waals surface area contributed by atoms with Gasteiger partial charge in [0, 0.05) is 19.3 Å². The molecule has 0 aliphatic carbocycles. The fraction of sp³-hybridized carbons (Fsp3) is 0.480. The number of aryl methyl sites for hydroxylation is 1. The molecule has 12 heteroatoms. The second kappa shape index (κ2) is 9.95. The lowest BCUT2D eigenvalue weighted by Crippen LogP contribution is -2.72. The van der Waals surface area contributed by atoms with Crippen LogP contribution in [0.2, 0.25) is 0 Å². The Balaban J connectivity index is 1.51. The van der Waals surface area contributed by atoms with Crippen molar-refractivity contribution < 1.29 is 35.9 Å². The molecule has 37 heavy (non-hydrogen) atoms. The molecule has 1 aromatic heterocycles. The van der Waals surface area contributed by atoms with E-state index in [0.717, 1.165) is 17.8 Å². The number of pyridine rings is 1. The van der Waals surface area contributed by atoms with Crippen LogP contribution in [0.1, 0.15) is 35.2 Å². The van der Waals surface area contributed by atoms with Gasteiger partial charge in [-0.2, -0.15) is 31.6 Å². The lowest BCUT2D eigenvalue weighted by Gasteiger charge is -2.45. The first-order chi connectivity index (χ1) is 17.4. The Labute approximate surface area is 209 Å². The molecular formula is C25H24F6N4O2. The Morgan fingerprint density at radius 1 is 1.11 bits per heavy atom. The van der Waals surface area contributed by atoms with E-state index >= 15 is 0 Å². The van der Waals surface area contributed by atoms with Crippen molar-refractivity contribution in [3.05, 3.63) is 65.0 Å². The Morgan fingerprint density at radius 2 is 1.81 bits per heavy atom. The number of halogens is 6. The van der Waals surface area contributed by atoms with Gasteiger partial charge in [0.25, 0.3) is 0 Å². The van der Waals surface area contributed by atoms with Crippen LogP contribution in [-0.2, 0) is 28.7 Å². The first kappa shape index (κ1) is 26.9. The van der Waals surface area contributed by atoms with Crippen molar-refractivity contribution >= 4 is 5.91 Å². The van der Waals surface area contributed by atoms with Gasteiger partial charge < -0.3 is 10.1 Å². The van der Waals surface area contributed by atoms with E-state index in [2.05, 4.69) is 10.3 Å². The summed E-state index contributed by atoms with van der Waals surface area (Å²) in [5.41, 5.74) is -2.83. The van der Waals surface area contributed by atoms with Crippen molar-refractivity contribution in [3.8, 4) is 6.07 Å². The Hall–Kier alpha value is -3.17.